The molecular weight excluding hydrogens is 312 g/mol. The summed E-state index contributed by atoms with van der Waals surface area (Å²) in [6.07, 6.45) is 0. The van der Waals surface area contributed by atoms with E-state index in [0.29, 0.717) is 15.8 Å². The fourth-order valence-corrected chi connectivity index (χ4v) is 1.98. The minimum absolute atomic E-state index is 0.124. The number of nitriles is 1. The molecule has 0 atom stereocenters. The van der Waals surface area contributed by atoms with Crippen LogP contribution in [0.1, 0.15) is 5.56 Å². The van der Waals surface area contributed by atoms with Crippen molar-refractivity contribution in [3.05, 3.63) is 62.6 Å². The van der Waals surface area contributed by atoms with Gasteiger partial charge in [0.05, 0.1) is 16.6 Å². The van der Waals surface area contributed by atoms with E-state index in [9.17, 15) is 10.1 Å². The van der Waals surface area contributed by atoms with E-state index >= 15 is 0 Å². The minimum atomic E-state index is -0.515. The van der Waals surface area contributed by atoms with Gasteiger partial charge in [-0.1, -0.05) is 28.1 Å². The van der Waals surface area contributed by atoms with Crippen molar-refractivity contribution < 1.29 is 9.66 Å². The average molecular weight is 319 g/mol. The zero-order valence-electron chi connectivity index (χ0n) is 9.54. The summed E-state index contributed by atoms with van der Waals surface area (Å²) < 4.78 is 6.14. The number of nitro benzene ring substituents is 1. The van der Waals surface area contributed by atoms with Crippen LogP contribution in [0.3, 0.4) is 0 Å². The van der Waals surface area contributed by atoms with Gasteiger partial charge in [-0.15, -0.1) is 0 Å². The van der Waals surface area contributed by atoms with E-state index in [1.807, 2.05) is 6.07 Å². The van der Waals surface area contributed by atoms with Gasteiger partial charge in [0.1, 0.15) is 5.75 Å². The van der Waals surface area contributed by atoms with Crippen LogP contribution in [-0.2, 0) is 0 Å². The van der Waals surface area contributed by atoms with Gasteiger partial charge in [-0.2, -0.15) is 5.26 Å². The molecule has 0 bridgehead atoms. The summed E-state index contributed by atoms with van der Waals surface area (Å²) in [4.78, 5) is 10.4. The van der Waals surface area contributed by atoms with Crippen molar-refractivity contribution in [2.75, 3.05) is 0 Å². The highest BCUT2D eigenvalue weighted by molar-refractivity contribution is 9.10. The second kappa shape index (κ2) is 5.50. The molecule has 0 aliphatic heterocycles. The largest absolute Gasteiger partial charge is 0.450 e. The first-order valence-corrected chi connectivity index (χ1v) is 6.01. The smallest absolute Gasteiger partial charge is 0.311 e. The number of benzene rings is 2. The maximum absolute atomic E-state index is 10.9. The molecule has 6 heteroatoms. The minimum Gasteiger partial charge on any atom is -0.450 e. The third kappa shape index (κ3) is 3.09. The van der Waals surface area contributed by atoms with Gasteiger partial charge in [-0.05, 0) is 24.3 Å². The van der Waals surface area contributed by atoms with E-state index in [2.05, 4.69) is 15.9 Å². The SMILES string of the molecule is N#Cc1cc(Br)cc(Oc2ccccc2[N+](=O)[O-])c1. The Balaban J connectivity index is 2.39. The predicted molar refractivity (Wildman–Crippen MR) is 72.0 cm³/mol. The normalized spacial score (nSPS) is 9.68. The molecule has 2 aromatic carbocycles. The number of para-hydroxylation sites is 2. The van der Waals surface area contributed by atoms with Crippen molar-refractivity contribution in [2.45, 2.75) is 0 Å². The van der Waals surface area contributed by atoms with Crippen molar-refractivity contribution in [1.82, 2.24) is 0 Å². The zero-order chi connectivity index (χ0) is 13.8. The van der Waals surface area contributed by atoms with Crippen LogP contribution in [0.2, 0.25) is 0 Å². The number of nitrogens with zero attached hydrogens (tertiary/aromatic N) is 2. The first kappa shape index (κ1) is 13.1. The van der Waals surface area contributed by atoms with Crippen LogP contribution in [0.4, 0.5) is 5.69 Å². The first-order valence-electron chi connectivity index (χ1n) is 5.22. The van der Waals surface area contributed by atoms with Crippen LogP contribution in [0.15, 0.2) is 46.9 Å². The summed E-state index contributed by atoms with van der Waals surface area (Å²) in [6.45, 7) is 0. The highest BCUT2D eigenvalue weighted by atomic mass is 79.9. The lowest BCUT2D eigenvalue weighted by atomic mass is 10.2. The molecule has 0 saturated heterocycles. The van der Waals surface area contributed by atoms with Crippen LogP contribution in [0, 0.1) is 21.4 Å². The maximum Gasteiger partial charge on any atom is 0.311 e. The Kier molecular flexibility index (Phi) is 3.78. The topological polar surface area (TPSA) is 76.2 Å². The third-order valence-corrected chi connectivity index (χ3v) is 2.75. The van der Waals surface area contributed by atoms with Crippen LogP contribution in [-0.4, -0.2) is 4.92 Å². The molecule has 0 spiro atoms. The molecule has 0 saturated carbocycles. The Labute approximate surface area is 117 Å². The first-order chi connectivity index (χ1) is 9.10. The standard InChI is InChI=1S/C13H7BrN2O3/c14-10-5-9(8-15)6-11(7-10)19-13-4-2-1-3-12(13)16(17)18/h1-7H. The molecule has 0 fully saturated rings. The lowest BCUT2D eigenvalue weighted by Gasteiger charge is -2.06. The molecule has 19 heavy (non-hydrogen) atoms. The van der Waals surface area contributed by atoms with E-state index in [1.54, 1.807) is 24.3 Å². The average Bonchev–Trinajstić information content (AvgIpc) is 2.38. The Hall–Kier alpha value is -2.39. The van der Waals surface area contributed by atoms with Gasteiger partial charge in [0.2, 0.25) is 5.75 Å². The molecule has 0 amide bonds. The molecule has 5 nitrogen and oxygen atoms in total. The van der Waals surface area contributed by atoms with Gasteiger partial charge in [0.25, 0.3) is 0 Å². The zero-order valence-corrected chi connectivity index (χ0v) is 11.1. The third-order valence-electron chi connectivity index (χ3n) is 2.29. The van der Waals surface area contributed by atoms with Crippen molar-refractivity contribution in [3.8, 4) is 17.6 Å². The molecule has 2 aromatic rings. The Morgan fingerprint density at radius 3 is 2.68 bits per heavy atom. The number of rotatable bonds is 3. The van der Waals surface area contributed by atoms with Gasteiger partial charge in [0, 0.05) is 10.5 Å². The van der Waals surface area contributed by atoms with Crippen molar-refractivity contribution in [3.63, 3.8) is 0 Å². The molecule has 0 N–H and O–H groups in total. The monoisotopic (exact) mass is 318 g/mol. The Bertz CT molecular complexity index is 680. The van der Waals surface area contributed by atoms with Crippen molar-refractivity contribution in [1.29, 1.82) is 5.26 Å². The molecule has 0 radical (unpaired) electrons. The molecule has 94 valence electrons. The molecule has 0 aliphatic rings. The van der Waals surface area contributed by atoms with Gasteiger partial charge in [-0.3, -0.25) is 10.1 Å². The molecule has 0 aliphatic carbocycles. The van der Waals surface area contributed by atoms with Crippen molar-refractivity contribution >= 4 is 21.6 Å². The summed E-state index contributed by atoms with van der Waals surface area (Å²) in [5, 5.41) is 19.7. The Morgan fingerprint density at radius 1 is 1.26 bits per heavy atom. The van der Waals surface area contributed by atoms with Crippen LogP contribution in [0.5, 0.6) is 11.5 Å². The van der Waals surface area contributed by atoms with E-state index in [-0.39, 0.29) is 11.4 Å². The predicted octanol–water partition coefficient (Wildman–Crippen LogP) is 4.02. The number of hydrogen-bond donors (Lipinski definition) is 0. The van der Waals surface area contributed by atoms with Gasteiger partial charge >= 0.3 is 5.69 Å². The lowest BCUT2D eigenvalue weighted by Crippen LogP contribution is -1.93. The summed E-state index contributed by atoms with van der Waals surface area (Å²) in [6, 6.07) is 12.8. The highest BCUT2D eigenvalue weighted by Crippen LogP contribution is 2.32. The molecule has 0 unspecified atom stereocenters. The Morgan fingerprint density at radius 2 is 2.00 bits per heavy atom. The number of halogens is 1. The fourth-order valence-electron chi connectivity index (χ4n) is 1.51. The van der Waals surface area contributed by atoms with Crippen molar-refractivity contribution in [2.24, 2.45) is 0 Å². The molecule has 0 heterocycles. The number of ether oxygens (including phenoxy) is 1. The van der Waals surface area contributed by atoms with Gasteiger partial charge < -0.3 is 4.74 Å². The van der Waals surface area contributed by atoms with Crippen LogP contribution in [0.25, 0.3) is 0 Å². The highest BCUT2D eigenvalue weighted by Gasteiger charge is 2.14. The van der Waals surface area contributed by atoms with Gasteiger partial charge in [0.15, 0.2) is 0 Å². The number of nitro groups is 1. The molecular formula is C13H7BrN2O3. The van der Waals surface area contributed by atoms with E-state index in [1.165, 1.54) is 18.2 Å². The lowest BCUT2D eigenvalue weighted by molar-refractivity contribution is -0.385. The van der Waals surface area contributed by atoms with E-state index in [0.717, 1.165) is 0 Å². The number of hydrogen-bond acceptors (Lipinski definition) is 4. The quantitative estimate of drug-likeness (QED) is 0.632. The van der Waals surface area contributed by atoms with E-state index < -0.39 is 4.92 Å². The molecule has 2 rings (SSSR count). The molecule has 0 aromatic heterocycles. The van der Waals surface area contributed by atoms with Gasteiger partial charge in [-0.25, -0.2) is 0 Å². The maximum atomic E-state index is 10.9. The second-order valence-corrected chi connectivity index (χ2v) is 4.53. The summed E-state index contributed by atoms with van der Waals surface area (Å²) in [5.41, 5.74) is 0.281. The summed E-state index contributed by atoms with van der Waals surface area (Å²) in [5.74, 6) is 0.495. The summed E-state index contributed by atoms with van der Waals surface area (Å²) >= 11 is 3.25. The summed E-state index contributed by atoms with van der Waals surface area (Å²) in [7, 11) is 0. The fraction of sp³-hybridized carbons (Fsp3) is 0. The van der Waals surface area contributed by atoms with E-state index in [4.69, 9.17) is 10.00 Å². The second-order valence-electron chi connectivity index (χ2n) is 3.61. The van der Waals surface area contributed by atoms with Crippen LogP contribution < -0.4 is 4.74 Å². The van der Waals surface area contributed by atoms with Crippen LogP contribution >= 0.6 is 15.9 Å².